The zero-order chi connectivity index (χ0) is 53.9. The van der Waals surface area contributed by atoms with E-state index in [4.69, 9.17) is 34.7 Å². The van der Waals surface area contributed by atoms with Gasteiger partial charge < -0.3 is 32.4 Å². The van der Waals surface area contributed by atoms with Crippen molar-refractivity contribution in [3.8, 4) is 0 Å². The number of fused-ring (bicyclic) bond motifs is 2. The number of carbonyl (C=O) groups excluding carboxylic acids is 4. The van der Waals surface area contributed by atoms with Crippen LogP contribution in [0.2, 0.25) is 10.0 Å². The van der Waals surface area contributed by atoms with Crippen LogP contribution < -0.4 is 44.1 Å². The van der Waals surface area contributed by atoms with Gasteiger partial charge in [0.25, 0.3) is 34.4 Å². The third-order valence-corrected chi connectivity index (χ3v) is 11.4. The van der Waals surface area contributed by atoms with Crippen LogP contribution in [0.5, 0.6) is 0 Å². The van der Waals surface area contributed by atoms with E-state index in [1.807, 2.05) is 0 Å². The van der Waals surface area contributed by atoms with Crippen molar-refractivity contribution in [3.05, 3.63) is 239 Å². The predicted molar refractivity (Wildman–Crippen MR) is 268 cm³/mol. The van der Waals surface area contributed by atoms with Crippen molar-refractivity contribution >= 4 is 64.0 Å². The van der Waals surface area contributed by atoms with E-state index in [0.717, 1.165) is 0 Å². The fourth-order valence-corrected chi connectivity index (χ4v) is 7.43. The van der Waals surface area contributed by atoms with Crippen LogP contribution in [0.3, 0.4) is 0 Å². The van der Waals surface area contributed by atoms with Crippen LogP contribution in [0, 0.1) is 17.5 Å². The third kappa shape index (κ3) is 12.6. The quantitative estimate of drug-likeness (QED) is 0.0998. The van der Waals surface area contributed by atoms with Gasteiger partial charge in [-0.1, -0.05) is 59.6 Å². The first-order valence-electron chi connectivity index (χ1n) is 21.5. The number of benzene rings is 3. The van der Waals surface area contributed by atoms with E-state index in [2.05, 4.69) is 40.9 Å². The summed E-state index contributed by atoms with van der Waals surface area (Å²) in [5.41, 5.74) is 8.35. The lowest BCUT2D eigenvalue weighted by Gasteiger charge is -2.28. The van der Waals surface area contributed by atoms with E-state index in [0.29, 0.717) is 28.3 Å². The Labute approximate surface area is 427 Å². The van der Waals surface area contributed by atoms with E-state index in [-0.39, 0.29) is 44.4 Å². The summed E-state index contributed by atoms with van der Waals surface area (Å²) in [4.78, 5) is 98.8. The number of aromatic amines is 1. The number of H-pyrrole nitrogens is 1. The second kappa shape index (κ2) is 23.3. The highest BCUT2D eigenvalue weighted by Crippen LogP contribution is 2.31. The SMILES string of the molecule is CC(=O)c1cccc(F)c1.CC1(c2cccc(F)c2)NC(=O)c2ccc(Cl)c(=O)n21.CC1(c2cccc(F)c2)NC(=O)c2ccc(Nc3ccncn3)c(=O)n21.NC(=O)c1ccc(Cl)c(=O)[nH]1.Nc1ccncn1. The van der Waals surface area contributed by atoms with Gasteiger partial charge >= 0.3 is 0 Å². The number of carbonyl (C=O) groups is 4. The average Bonchev–Trinajstić information content (AvgIpc) is 3.81. The maximum Gasteiger partial charge on any atom is 0.277 e. The summed E-state index contributed by atoms with van der Waals surface area (Å²) < 4.78 is 42.1. The lowest BCUT2D eigenvalue weighted by Crippen LogP contribution is -2.46. The van der Waals surface area contributed by atoms with Crippen molar-refractivity contribution in [2.24, 2.45) is 5.73 Å². The Balaban J connectivity index is 0.000000163. The second-order valence-electron chi connectivity index (χ2n) is 15.9. The molecule has 10 rings (SSSR count). The number of amides is 3. The number of aromatic nitrogens is 7. The van der Waals surface area contributed by atoms with E-state index >= 15 is 0 Å². The van der Waals surface area contributed by atoms with Crippen molar-refractivity contribution in [2.45, 2.75) is 32.1 Å². The van der Waals surface area contributed by atoms with Gasteiger partial charge in [-0.15, -0.1) is 0 Å². The molecule has 5 aromatic heterocycles. The third-order valence-electron chi connectivity index (χ3n) is 10.8. The first-order valence-corrected chi connectivity index (χ1v) is 22.2. The predicted octanol–water partition coefficient (Wildman–Crippen LogP) is 6.30. The average molecular weight is 1050 g/mol. The number of hydrogen-bond donors (Lipinski definition) is 6. The largest absolute Gasteiger partial charge is 0.384 e. The molecule has 7 heterocycles. The molecule has 0 spiro atoms. The normalized spacial score (nSPS) is 15.5. The van der Waals surface area contributed by atoms with Gasteiger partial charge in [0.05, 0.1) is 0 Å². The molecule has 8 aromatic rings. The molecule has 0 bridgehead atoms. The highest BCUT2D eigenvalue weighted by molar-refractivity contribution is 6.30. The van der Waals surface area contributed by atoms with Crippen LogP contribution in [0.1, 0.15) is 73.7 Å². The van der Waals surface area contributed by atoms with Gasteiger partial charge in [-0.05, 0) is 106 Å². The van der Waals surface area contributed by atoms with Gasteiger partial charge in [0.2, 0.25) is 0 Å². The van der Waals surface area contributed by atoms with E-state index in [1.54, 1.807) is 62.6 Å². The number of rotatable bonds is 6. The zero-order valence-electron chi connectivity index (χ0n) is 38.9. The first kappa shape index (κ1) is 54.1. The Morgan fingerprint density at radius 3 is 1.59 bits per heavy atom. The number of hydrogen-bond acceptors (Lipinski definition) is 13. The molecule has 0 fully saturated rings. The summed E-state index contributed by atoms with van der Waals surface area (Å²) in [6, 6.07) is 29.0. The molecule has 2 atom stereocenters. The smallest absolute Gasteiger partial charge is 0.277 e. The van der Waals surface area contributed by atoms with E-state index in [1.165, 1.54) is 114 Å². The zero-order valence-corrected chi connectivity index (χ0v) is 40.5. The Hall–Kier alpha value is -9.28. The highest BCUT2D eigenvalue weighted by Gasteiger charge is 2.43. The maximum absolute atomic E-state index is 13.7. The molecule has 0 saturated carbocycles. The molecule has 19 nitrogen and oxygen atoms in total. The van der Waals surface area contributed by atoms with Crippen molar-refractivity contribution in [1.29, 1.82) is 0 Å². The fraction of sp³-hybridized carbons (Fsp3) is 0.100. The van der Waals surface area contributed by atoms with Gasteiger partial charge in [-0.3, -0.25) is 42.7 Å². The fourth-order valence-electron chi connectivity index (χ4n) is 7.17. The number of anilines is 3. The molecule has 0 saturated heterocycles. The number of nitrogens with one attached hydrogen (secondary N) is 4. The Morgan fingerprint density at radius 1 is 0.635 bits per heavy atom. The minimum absolute atomic E-state index is 0.00729. The van der Waals surface area contributed by atoms with Crippen molar-refractivity contribution in [1.82, 2.24) is 44.7 Å². The molecule has 74 heavy (non-hydrogen) atoms. The second-order valence-corrected chi connectivity index (χ2v) is 16.7. The van der Waals surface area contributed by atoms with Gasteiger partial charge in [0.1, 0.15) is 85.9 Å². The van der Waals surface area contributed by atoms with Gasteiger partial charge in [0, 0.05) is 29.1 Å². The highest BCUT2D eigenvalue weighted by atomic mass is 35.5. The summed E-state index contributed by atoms with van der Waals surface area (Å²) in [7, 11) is 0. The summed E-state index contributed by atoms with van der Waals surface area (Å²) in [6.45, 7) is 4.70. The molecule has 2 aliphatic rings. The van der Waals surface area contributed by atoms with Crippen molar-refractivity contribution < 1.29 is 32.3 Å². The molecule has 3 aromatic carbocycles. The Kier molecular flexibility index (Phi) is 17.0. The maximum atomic E-state index is 13.7. The molecule has 24 heteroatoms. The molecular formula is C50H41Cl2F3N12O7. The van der Waals surface area contributed by atoms with Gasteiger partial charge in [0.15, 0.2) is 5.78 Å². The minimum atomic E-state index is -1.20. The van der Waals surface area contributed by atoms with Crippen molar-refractivity contribution in [2.75, 3.05) is 11.1 Å². The number of ketones is 1. The molecule has 378 valence electrons. The molecular weight excluding hydrogens is 1010 g/mol. The van der Waals surface area contributed by atoms with Gasteiger partial charge in [-0.2, -0.15) is 0 Å². The summed E-state index contributed by atoms with van der Waals surface area (Å²) >= 11 is 11.2. The van der Waals surface area contributed by atoms with Crippen LogP contribution in [0.25, 0.3) is 0 Å². The van der Waals surface area contributed by atoms with Crippen molar-refractivity contribution in [3.63, 3.8) is 0 Å². The Bertz CT molecular complexity index is 3590. The minimum Gasteiger partial charge on any atom is -0.384 e. The van der Waals surface area contributed by atoms with E-state index in [9.17, 15) is 46.7 Å². The molecule has 0 aliphatic carbocycles. The molecule has 2 unspecified atom stereocenters. The van der Waals surface area contributed by atoms with Crippen LogP contribution >= 0.6 is 23.2 Å². The summed E-state index contributed by atoms with van der Waals surface area (Å²) in [5, 5.41) is 8.45. The number of Topliss-reactive ketones (excluding diaryl/α,β-unsaturated/α-hetero) is 1. The molecule has 0 radical (unpaired) electrons. The number of nitrogens with zero attached hydrogens (tertiary/aromatic N) is 6. The first-order chi connectivity index (χ1) is 35.1. The van der Waals surface area contributed by atoms with E-state index < -0.39 is 57.4 Å². The van der Waals surface area contributed by atoms with Crippen LogP contribution in [0.4, 0.5) is 30.5 Å². The number of nitrogen functional groups attached to an aromatic ring is 1. The summed E-state index contributed by atoms with van der Waals surface area (Å²) in [6.07, 6.45) is 5.91. The monoisotopic (exact) mass is 1050 g/mol. The topological polar surface area (TPSA) is 285 Å². The van der Waals surface area contributed by atoms with Crippen LogP contribution in [0.15, 0.2) is 161 Å². The molecule has 2 aliphatic heterocycles. The summed E-state index contributed by atoms with van der Waals surface area (Å²) in [5.74, 6) is -1.90. The molecule has 3 amide bonds. The van der Waals surface area contributed by atoms with Gasteiger partial charge in [-0.25, -0.2) is 33.1 Å². The number of halogens is 5. The Morgan fingerprint density at radius 2 is 1.15 bits per heavy atom. The lowest BCUT2D eigenvalue weighted by atomic mass is 10.0. The number of nitrogens with two attached hydrogens (primary N) is 2. The number of pyridine rings is 3. The lowest BCUT2D eigenvalue weighted by molar-refractivity contribution is 0.0932. The number of primary amides is 1. The molecule has 8 N–H and O–H groups in total. The van der Waals surface area contributed by atoms with Crippen LogP contribution in [-0.2, 0) is 11.3 Å². The van der Waals surface area contributed by atoms with Crippen LogP contribution in [-0.4, -0.2) is 57.6 Å². The standard InChI is InChI=1S/C18H14FN5O2.C14H10ClFN2O2.C8H7FO.C6H5ClN2O2.C4H5N3/c1-18(11-3-2-4-12(19)9-11)23-16(25)14-6-5-13(17(26)24(14)18)22-15-7-8-20-10-21-15;1-14(8-3-2-4-9(16)7-8)17-12(19)11-6-5-10(15)13(20)18(11)14;1-6(10)7-3-2-4-8(9)5-7;7-3-1-2-4(5(8)10)9-6(3)11;5-4-1-2-6-3-7-4/h2-10H,1H3,(H,23,25)(H,20,21,22);2-7H,1H3,(H,17,19);2-5H,1H3;1-2H,(H2,8,10)(H,9,11);1-3H,(H2,5,6,7).